The fourth-order valence-corrected chi connectivity index (χ4v) is 2.59. The van der Waals surface area contributed by atoms with Crippen molar-refractivity contribution >= 4 is 39.7 Å². The summed E-state index contributed by atoms with van der Waals surface area (Å²) < 4.78 is 5.82. The number of benzene rings is 2. The van der Waals surface area contributed by atoms with Gasteiger partial charge in [0.25, 0.3) is 0 Å². The maximum atomic E-state index is 5.82. The molecule has 7 nitrogen and oxygen atoms in total. The molecule has 2 aromatic carbocycles. The lowest BCUT2D eigenvalue weighted by Crippen LogP contribution is -2.18. The maximum Gasteiger partial charge on any atom is 0.233 e. The van der Waals surface area contributed by atoms with Crippen molar-refractivity contribution in [1.29, 1.82) is 0 Å². The van der Waals surface area contributed by atoms with Gasteiger partial charge in [0.15, 0.2) is 10.8 Å². The summed E-state index contributed by atoms with van der Waals surface area (Å²) in [5.41, 5.74) is 2.41. The zero-order valence-electron chi connectivity index (χ0n) is 13.5. The number of aromatic amines is 1. The predicted octanol–water partition coefficient (Wildman–Crippen LogP) is 3.95. The predicted molar refractivity (Wildman–Crippen MR) is 104 cm³/mol. The van der Waals surface area contributed by atoms with Crippen molar-refractivity contribution in [3.05, 3.63) is 67.1 Å². The van der Waals surface area contributed by atoms with Crippen LogP contribution in [0.25, 0.3) is 11.0 Å². The van der Waals surface area contributed by atoms with Crippen molar-refractivity contribution in [2.75, 3.05) is 10.6 Å². The molecule has 0 unspecified atom stereocenters. The molecule has 0 aliphatic heterocycles. The van der Waals surface area contributed by atoms with Crippen LogP contribution in [0.5, 0.6) is 11.6 Å². The van der Waals surface area contributed by atoms with Gasteiger partial charge in [0, 0.05) is 11.4 Å². The van der Waals surface area contributed by atoms with E-state index in [0.29, 0.717) is 22.4 Å². The Kier molecular flexibility index (Phi) is 4.40. The second-order valence-corrected chi connectivity index (χ2v) is 5.79. The molecule has 128 valence electrons. The molecule has 0 saturated carbocycles. The molecule has 0 spiro atoms. The van der Waals surface area contributed by atoms with Crippen LogP contribution in [-0.2, 0) is 0 Å². The lowest BCUT2D eigenvalue weighted by atomic mass is 10.3. The van der Waals surface area contributed by atoms with E-state index in [9.17, 15) is 0 Å². The van der Waals surface area contributed by atoms with Crippen LogP contribution in [0.4, 0.5) is 11.4 Å². The minimum atomic E-state index is 0.450. The van der Waals surface area contributed by atoms with Crippen LogP contribution in [0, 0.1) is 0 Å². The molecule has 26 heavy (non-hydrogen) atoms. The minimum absolute atomic E-state index is 0.450. The fourth-order valence-electron chi connectivity index (χ4n) is 2.36. The lowest BCUT2D eigenvalue weighted by molar-refractivity contribution is 0.468. The smallest absolute Gasteiger partial charge is 0.233 e. The van der Waals surface area contributed by atoms with E-state index in [4.69, 9.17) is 17.0 Å². The molecular weight excluding hydrogens is 348 g/mol. The van der Waals surface area contributed by atoms with Gasteiger partial charge in [0.05, 0.1) is 6.20 Å². The second-order valence-electron chi connectivity index (χ2n) is 5.38. The fraction of sp³-hybridized carbons (Fsp3) is 0. The zero-order valence-corrected chi connectivity index (χ0v) is 14.3. The molecule has 2 aromatic heterocycles. The van der Waals surface area contributed by atoms with Crippen LogP contribution < -0.4 is 15.4 Å². The van der Waals surface area contributed by atoms with Gasteiger partial charge >= 0.3 is 0 Å². The summed E-state index contributed by atoms with van der Waals surface area (Å²) >= 11 is 5.32. The summed E-state index contributed by atoms with van der Waals surface area (Å²) in [6, 6.07) is 17.2. The number of aromatic nitrogens is 4. The SMILES string of the molecule is S=C(Nc1ccccc1)Nc1ccc(Oc2ncnc3[nH]ncc23)cc1. The highest BCUT2D eigenvalue weighted by Gasteiger charge is 2.08. The van der Waals surface area contributed by atoms with E-state index in [1.807, 2.05) is 54.6 Å². The third-order valence-corrected chi connectivity index (χ3v) is 3.77. The number of hydrogen-bond donors (Lipinski definition) is 3. The normalized spacial score (nSPS) is 10.5. The Morgan fingerprint density at radius 3 is 2.42 bits per heavy atom. The van der Waals surface area contributed by atoms with Crippen molar-refractivity contribution in [3.8, 4) is 11.6 Å². The molecule has 8 heteroatoms. The molecule has 0 atom stereocenters. The largest absolute Gasteiger partial charge is 0.438 e. The molecule has 0 aliphatic carbocycles. The van der Waals surface area contributed by atoms with Crippen LogP contribution in [0.3, 0.4) is 0 Å². The van der Waals surface area contributed by atoms with Crippen molar-refractivity contribution in [1.82, 2.24) is 20.2 Å². The van der Waals surface area contributed by atoms with Crippen molar-refractivity contribution in [3.63, 3.8) is 0 Å². The molecular formula is C18H14N6OS. The van der Waals surface area contributed by atoms with Crippen LogP contribution in [-0.4, -0.2) is 25.3 Å². The second kappa shape index (κ2) is 7.16. The Morgan fingerprint density at radius 1 is 0.923 bits per heavy atom. The topological polar surface area (TPSA) is 87.8 Å². The number of nitrogens with one attached hydrogen (secondary N) is 3. The Labute approximate surface area is 154 Å². The standard InChI is InChI=1S/C18H14N6OS/c26-18(22-12-4-2-1-3-5-12)23-13-6-8-14(9-7-13)25-17-15-10-21-24-16(15)19-11-20-17/h1-11H,(H2,22,23,26)(H,19,20,21,24). The lowest BCUT2D eigenvalue weighted by Gasteiger charge is -2.11. The molecule has 2 heterocycles. The van der Waals surface area contributed by atoms with Gasteiger partial charge in [0.1, 0.15) is 17.5 Å². The highest BCUT2D eigenvalue weighted by molar-refractivity contribution is 7.80. The summed E-state index contributed by atoms with van der Waals surface area (Å²) in [4.78, 5) is 8.24. The Hall–Kier alpha value is -3.52. The van der Waals surface area contributed by atoms with E-state index in [0.717, 1.165) is 16.8 Å². The molecule has 0 radical (unpaired) electrons. The first-order valence-corrected chi connectivity index (χ1v) is 8.24. The number of fused-ring (bicyclic) bond motifs is 1. The number of nitrogens with zero attached hydrogens (tertiary/aromatic N) is 3. The number of H-pyrrole nitrogens is 1. The average molecular weight is 362 g/mol. The van der Waals surface area contributed by atoms with Crippen molar-refractivity contribution in [2.45, 2.75) is 0 Å². The molecule has 0 fully saturated rings. The van der Waals surface area contributed by atoms with Crippen LogP contribution in [0.2, 0.25) is 0 Å². The van der Waals surface area contributed by atoms with Crippen molar-refractivity contribution in [2.24, 2.45) is 0 Å². The molecule has 0 bridgehead atoms. The van der Waals surface area contributed by atoms with E-state index in [1.54, 1.807) is 6.20 Å². The van der Waals surface area contributed by atoms with E-state index in [1.165, 1.54) is 6.33 Å². The molecule has 4 aromatic rings. The quantitative estimate of drug-likeness (QED) is 0.474. The summed E-state index contributed by atoms with van der Waals surface area (Å²) in [5, 5.41) is 14.2. The van der Waals surface area contributed by atoms with E-state index < -0.39 is 0 Å². The number of thiocarbonyl (C=S) groups is 1. The van der Waals surface area contributed by atoms with Gasteiger partial charge in [-0.25, -0.2) is 9.97 Å². The zero-order chi connectivity index (χ0) is 17.8. The first kappa shape index (κ1) is 16.0. The average Bonchev–Trinajstić information content (AvgIpc) is 3.14. The molecule has 0 amide bonds. The Bertz CT molecular complexity index is 1030. The number of rotatable bonds is 4. The van der Waals surface area contributed by atoms with E-state index >= 15 is 0 Å². The first-order valence-electron chi connectivity index (χ1n) is 7.83. The van der Waals surface area contributed by atoms with Crippen molar-refractivity contribution < 1.29 is 4.74 Å². The van der Waals surface area contributed by atoms with Gasteiger partial charge in [-0.1, -0.05) is 18.2 Å². The maximum absolute atomic E-state index is 5.82. The summed E-state index contributed by atoms with van der Waals surface area (Å²) in [6.07, 6.45) is 3.06. The van der Waals surface area contributed by atoms with Gasteiger partial charge in [0.2, 0.25) is 5.88 Å². The minimum Gasteiger partial charge on any atom is -0.438 e. The third-order valence-electron chi connectivity index (χ3n) is 3.57. The summed E-state index contributed by atoms with van der Waals surface area (Å²) in [6.45, 7) is 0. The van der Waals surface area contributed by atoms with Gasteiger partial charge in [-0.2, -0.15) is 5.10 Å². The molecule has 0 saturated heterocycles. The molecule has 3 N–H and O–H groups in total. The van der Waals surface area contributed by atoms with Gasteiger partial charge in [-0.3, -0.25) is 5.10 Å². The Morgan fingerprint density at radius 2 is 1.65 bits per heavy atom. The highest BCUT2D eigenvalue weighted by Crippen LogP contribution is 2.26. The monoisotopic (exact) mass is 362 g/mol. The third kappa shape index (κ3) is 3.60. The van der Waals surface area contributed by atoms with Crippen LogP contribution in [0.15, 0.2) is 67.1 Å². The number of hydrogen-bond acceptors (Lipinski definition) is 5. The van der Waals surface area contributed by atoms with Gasteiger partial charge in [-0.15, -0.1) is 0 Å². The van der Waals surface area contributed by atoms with Gasteiger partial charge in [-0.05, 0) is 48.6 Å². The van der Waals surface area contributed by atoms with Crippen LogP contribution >= 0.6 is 12.2 Å². The number of para-hydroxylation sites is 1. The van der Waals surface area contributed by atoms with Gasteiger partial charge < -0.3 is 15.4 Å². The summed E-state index contributed by atoms with van der Waals surface area (Å²) in [7, 11) is 0. The van der Waals surface area contributed by atoms with E-state index in [2.05, 4.69) is 30.8 Å². The molecule has 4 rings (SSSR count). The highest BCUT2D eigenvalue weighted by atomic mass is 32.1. The number of anilines is 2. The first-order chi connectivity index (χ1) is 12.8. The van der Waals surface area contributed by atoms with Crippen LogP contribution in [0.1, 0.15) is 0 Å². The molecule has 0 aliphatic rings. The number of ether oxygens (including phenoxy) is 1. The van der Waals surface area contributed by atoms with E-state index in [-0.39, 0.29) is 0 Å². The Balaban J connectivity index is 1.42. The summed E-state index contributed by atoms with van der Waals surface area (Å²) in [5.74, 6) is 1.10.